The summed E-state index contributed by atoms with van der Waals surface area (Å²) in [5, 5.41) is 6.38. The van der Waals surface area contributed by atoms with Gasteiger partial charge in [-0.3, -0.25) is 4.79 Å². The summed E-state index contributed by atoms with van der Waals surface area (Å²) >= 11 is 0. The van der Waals surface area contributed by atoms with Crippen LogP contribution in [0.2, 0.25) is 0 Å². The van der Waals surface area contributed by atoms with Gasteiger partial charge < -0.3 is 10.6 Å². The van der Waals surface area contributed by atoms with Crippen molar-refractivity contribution in [1.82, 2.24) is 5.32 Å². The van der Waals surface area contributed by atoms with Crippen molar-refractivity contribution >= 4 is 11.6 Å². The first kappa shape index (κ1) is 17.2. The topological polar surface area (TPSA) is 41.1 Å². The van der Waals surface area contributed by atoms with E-state index in [1.807, 2.05) is 32.0 Å². The normalized spacial score (nSPS) is 12.0. The van der Waals surface area contributed by atoms with Crippen LogP contribution in [-0.2, 0) is 4.79 Å². The molecular formula is C20H26N2O. The number of amides is 1. The molecule has 0 aliphatic carbocycles. The van der Waals surface area contributed by atoms with Crippen LogP contribution in [0.25, 0.3) is 0 Å². The molecule has 2 aromatic rings. The Kier molecular flexibility index (Phi) is 5.94. The monoisotopic (exact) mass is 310 g/mol. The van der Waals surface area contributed by atoms with E-state index in [2.05, 4.69) is 48.7 Å². The molecule has 3 heteroatoms. The van der Waals surface area contributed by atoms with Gasteiger partial charge in [-0.1, -0.05) is 55.0 Å². The van der Waals surface area contributed by atoms with Crippen molar-refractivity contribution in [2.45, 2.75) is 40.2 Å². The number of benzene rings is 2. The molecule has 2 rings (SSSR count). The van der Waals surface area contributed by atoms with Crippen LogP contribution in [0.15, 0.2) is 42.5 Å². The summed E-state index contributed by atoms with van der Waals surface area (Å²) in [7, 11) is 0. The fraction of sp³-hybridized carbons (Fsp3) is 0.350. The first-order valence-corrected chi connectivity index (χ1v) is 8.17. The number of carbonyl (C=O) groups is 1. The molecule has 0 aliphatic heterocycles. The highest BCUT2D eigenvalue weighted by molar-refractivity contribution is 5.93. The molecular weight excluding hydrogens is 284 g/mol. The molecule has 0 saturated heterocycles. The maximum atomic E-state index is 12.3. The molecule has 3 nitrogen and oxygen atoms in total. The molecule has 23 heavy (non-hydrogen) atoms. The van der Waals surface area contributed by atoms with E-state index >= 15 is 0 Å². The molecule has 0 heterocycles. The quantitative estimate of drug-likeness (QED) is 0.835. The van der Waals surface area contributed by atoms with E-state index < -0.39 is 0 Å². The zero-order valence-electron chi connectivity index (χ0n) is 14.4. The first-order chi connectivity index (χ1) is 11.0. The summed E-state index contributed by atoms with van der Waals surface area (Å²) in [4.78, 5) is 12.3. The van der Waals surface area contributed by atoms with Gasteiger partial charge in [0.15, 0.2) is 0 Å². The van der Waals surface area contributed by atoms with Crippen molar-refractivity contribution in [2.75, 3.05) is 11.9 Å². The van der Waals surface area contributed by atoms with Crippen molar-refractivity contribution in [3.63, 3.8) is 0 Å². The number of hydrogen-bond donors (Lipinski definition) is 2. The van der Waals surface area contributed by atoms with Crippen molar-refractivity contribution in [3.05, 3.63) is 64.7 Å². The van der Waals surface area contributed by atoms with Crippen LogP contribution >= 0.6 is 0 Å². The van der Waals surface area contributed by atoms with Crippen molar-refractivity contribution in [1.29, 1.82) is 0 Å². The van der Waals surface area contributed by atoms with Gasteiger partial charge >= 0.3 is 0 Å². The van der Waals surface area contributed by atoms with Gasteiger partial charge in [0.05, 0.1) is 6.54 Å². The van der Waals surface area contributed by atoms with Crippen LogP contribution in [0.4, 0.5) is 5.69 Å². The number of hydrogen-bond acceptors (Lipinski definition) is 2. The number of nitrogens with one attached hydrogen (secondary N) is 2. The molecule has 0 saturated carbocycles. The smallest absolute Gasteiger partial charge is 0.238 e. The fourth-order valence-electron chi connectivity index (χ4n) is 2.96. The highest BCUT2D eigenvalue weighted by Crippen LogP contribution is 2.22. The minimum Gasteiger partial charge on any atom is -0.324 e. The van der Waals surface area contributed by atoms with E-state index in [4.69, 9.17) is 0 Å². The van der Waals surface area contributed by atoms with Gasteiger partial charge in [-0.15, -0.1) is 0 Å². The third-order valence-electron chi connectivity index (χ3n) is 4.06. The van der Waals surface area contributed by atoms with Gasteiger partial charge in [0.1, 0.15) is 0 Å². The SMILES string of the molecule is CCC(NCC(=O)Nc1c(C)cc(C)cc1C)c1ccccc1. The average Bonchev–Trinajstić information content (AvgIpc) is 2.52. The number of aryl methyl sites for hydroxylation is 3. The molecule has 0 aliphatic rings. The van der Waals surface area contributed by atoms with E-state index in [-0.39, 0.29) is 11.9 Å². The number of rotatable bonds is 6. The predicted molar refractivity (Wildman–Crippen MR) is 96.8 cm³/mol. The van der Waals surface area contributed by atoms with Crippen molar-refractivity contribution in [2.24, 2.45) is 0 Å². The molecule has 0 fully saturated rings. The third kappa shape index (κ3) is 4.67. The molecule has 1 atom stereocenters. The summed E-state index contributed by atoms with van der Waals surface area (Å²) in [6.07, 6.45) is 0.944. The molecule has 122 valence electrons. The Hall–Kier alpha value is -2.13. The number of carbonyl (C=O) groups excluding carboxylic acids is 1. The largest absolute Gasteiger partial charge is 0.324 e. The van der Waals surface area contributed by atoms with Gasteiger partial charge in [0, 0.05) is 11.7 Å². The van der Waals surface area contributed by atoms with Crippen LogP contribution in [0.5, 0.6) is 0 Å². The molecule has 0 aromatic heterocycles. The summed E-state index contributed by atoms with van der Waals surface area (Å²) in [5.41, 5.74) is 5.56. The zero-order valence-corrected chi connectivity index (χ0v) is 14.4. The number of anilines is 1. The van der Waals surface area contributed by atoms with Crippen LogP contribution in [0.1, 0.15) is 41.6 Å². The highest BCUT2D eigenvalue weighted by atomic mass is 16.1. The van der Waals surface area contributed by atoms with E-state index in [1.165, 1.54) is 11.1 Å². The van der Waals surface area contributed by atoms with Crippen LogP contribution in [0, 0.1) is 20.8 Å². The Balaban J connectivity index is 1.98. The van der Waals surface area contributed by atoms with Crippen molar-refractivity contribution in [3.8, 4) is 0 Å². The Morgan fingerprint density at radius 2 is 1.65 bits per heavy atom. The second-order valence-electron chi connectivity index (χ2n) is 6.07. The van der Waals surface area contributed by atoms with Gasteiger partial charge in [0.25, 0.3) is 0 Å². The lowest BCUT2D eigenvalue weighted by Crippen LogP contribution is -2.31. The molecule has 0 bridgehead atoms. The third-order valence-corrected chi connectivity index (χ3v) is 4.06. The van der Waals surface area contributed by atoms with E-state index in [1.54, 1.807) is 0 Å². The van der Waals surface area contributed by atoms with Crippen LogP contribution < -0.4 is 10.6 Å². The lowest BCUT2D eigenvalue weighted by Gasteiger charge is -2.18. The first-order valence-electron chi connectivity index (χ1n) is 8.17. The van der Waals surface area contributed by atoms with E-state index in [0.29, 0.717) is 6.54 Å². The second-order valence-corrected chi connectivity index (χ2v) is 6.07. The Morgan fingerprint density at radius 3 is 2.22 bits per heavy atom. The molecule has 1 amide bonds. The zero-order chi connectivity index (χ0) is 16.8. The molecule has 0 radical (unpaired) electrons. The van der Waals surface area contributed by atoms with Gasteiger partial charge in [-0.05, 0) is 43.9 Å². The van der Waals surface area contributed by atoms with Crippen LogP contribution in [0.3, 0.4) is 0 Å². The second kappa shape index (κ2) is 7.93. The Labute approximate surface area is 139 Å². The summed E-state index contributed by atoms with van der Waals surface area (Å²) in [6.45, 7) is 8.56. The maximum absolute atomic E-state index is 12.3. The Bertz CT molecular complexity index is 642. The lowest BCUT2D eigenvalue weighted by atomic mass is 10.0. The van der Waals surface area contributed by atoms with Crippen molar-refractivity contribution < 1.29 is 4.79 Å². The predicted octanol–water partition coefficient (Wildman–Crippen LogP) is 4.29. The standard InChI is InChI=1S/C20H26N2O/c1-5-18(17-9-7-6-8-10-17)21-13-19(23)22-20-15(3)11-14(2)12-16(20)4/h6-12,18,21H,5,13H2,1-4H3,(H,22,23). The molecule has 1 unspecified atom stereocenters. The molecule has 2 N–H and O–H groups in total. The van der Waals surface area contributed by atoms with Crippen LogP contribution in [-0.4, -0.2) is 12.5 Å². The summed E-state index contributed by atoms with van der Waals surface area (Å²) < 4.78 is 0. The summed E-state index contributed by atoms with van der Waals surface area (Å²) in [6, 6.07) is 14.6. The van der Waals surface area contributed by atoms with E-state index in [0.717, 1.165) is 23.2 Å². The molecule has 0 spiro atoms. The van der Waals surface area contributed by atoms with E-state index in [9.17, 15) is 4.79 Å². The fourth-order valence-corrected chi connectivity index (χ4v) is 2.96. The average molecular weight is 310 g/mol. The minimum absolute atomic E-state index is 0.00515. The summed E-state index contributed by atoms with van der Waals surface area (Å²) in [5.74, 6) is -0.00515. The Morgan fingerprint density at radius 1 is 1.04 bits per heavy atom. The highest BCUT2D eigenvalue weighted by Gasteiger charge is 2.12. The van der Waals surface area contributed by atoms with Gasteiger partial charge in [-0.2, -0.15) is 0 Å². The minimum atomic E-state index is -0.00515. The van der Waals surface area contributed by atoms with Gasteiger partial charge in [-0.25, -0.2) is 0 Å². The maximum Gasteiger partial charge on any atom is 0.238 e. The lowest BCUT2D eigenvalue weighted by molar-refractivity contribution is -0.115. The van der Waals surface area contributed by atoms with Gasteiger partial charge in [0.2, 0.25) is 5.91 Å². The molecule has 2 aromatic carbocycles.